The monoisotopic (exact) mass is 274 g/mol. The van der Waals surface area contributed by atoms with Crippen LogP contribution in [0.1, 0.15) is 11.1 Å². The quantitative estimate of drug-likeness (QED) is 0.664. The summed E-state index contributed by atoms with van der Waals surface area (Å²) in [5, 5.41) is 7.15. The Morgan fingerprint density at radius 1 is 0.857 bits per heavy atom. The van der Waals surface area contributed by atoms with Gasteiger partial charge in [-0.2, -0.15) is 0 Å². The molecule has 0 aliphatic carbocycles. The summed E-state index contributed by atoms with van der Waals surface area (Å²) in [7, 11) is 2.12. The summed E-state index contributed by atoms with van der Waals surface area (Å²) in [6.07, 6.45) is 0.978. The molecule has 0 N–H and O–H groups in total. The van der Waals surface area contributed by atoms with Crippen molar-refractivity contribution < 1.29 is 0 Å². The molecule has 4 rings (SSSR count). The Hall–Kier alpha value is -2.32. The third-order valence-corrected chi connectivity index (χ3v) is 4.14. The van der Waals surface area contributed by atoms with Crippen LogP contribution in [0.2, 0.25) is 0 Å². The van der Waals surface area contributed by atoms with Crippen LogP contribution in [0, 0.1) is 0 Å². The molecule has 0 amide bonds. The first kappa shape index (κ1) is 12.4. The highest BCUT2D eigenvalue weighted by Gasteiger charge is 2.28. The van der Waals surface area contributed by atoms with Crippen molar-refractivity contribution in [2.24, 2.45) is 0 Å². The van der Waals surface area contributed by atoms with Crippen LogP contribution in [0.15, 0.2) is 66.7 Å². The molecule has 0 aromatic heterocycles. The molecule has 21 heavy (non-hydrogen) atoms. The minimum absolute atomic E-state index is 0.978. The van der Waals surface area contributed by atoms with E-state index in [2.05, 4.69) is 83.8 Å². The number of anilines is 1. The van der Waals surface area contributed by atoms with Gasteiger partial charge in [0, 0.05) is 7.05 Å². The molecule has 1 fully saturated rings. The smallest absolute Gasteiger partial charge is 0.104 e. The zero-order chi connectivity index (χ0) is 14.2. The second-order valence-electron chi connectivity index (χ2n) is 5.69. The van der Waals surface area contributed by atoms with Crippen molar-refractivity contribution in [3.63, 3.8) is 0 Å². The summed E-state index contributed by atoms with van der Waals surface area (Å²) < 4.78 is 0. The highest BCUT2D eigenvalue weighted by molar-refractivity contribution is 5.83. The summed E-state index contributed by atoms with van der Waals surface area (Å²) in [4.78, 5) is 0. The second kappa shape index (κ2) is 4.90. The molecule has 1 aliphatic rings. The lowest BCUT2D eigenvalue weighted by molar-refractivity contribution is 0.672. The summed E-state index contributed by atoms with van der Waals surface area (Å²) >= 11 is 0. The molecule has 1 unspecified atom stereocenters. The standard InChI is InChI=1S/C19H18N2/c1-20-14-21(20)19-9-5-4-8-18(19)13-15-10-11-16-6-2-3-7-17(16)12-15/h2-12H,13-14H2,1H3. The van der Waals surface area contributed by atoms with E-state index in [0.29, 0.717) is 0 Å². The van der Waals surface area contributed by atoms with E-state index < -0.39 is 0 Å². The maximum absolute atomic E-state index is 2.30. The molecule has 0 bridgehead atoms. The van der Waals surface area contributed by atoms with Crippen LogP contribution in [-0.4, -0.2) is 18.7 Å². The molecule has 0 spiro atoms. The van der Waals surface area contributed by atoms with E-state index in [0.717, 1.165) is 13.1 Å². The van der Waals surface area contributed by atoms with Gasteiger partial charge in [-0.3, -0.25) is 5.01 Å². The van der Waals surface area contributed by atoms with Crippen molar-refractivity contribution in [3.05, 3.63) is 77.9 Å². The van der Waals surface area contributed by atoms with Crippen LogP contribution in [0.3, 0.4) is 0 Å². The number of fused-ring (bicyclic) bond motifs is 1. The first-order valence-electron chi connectivity index (χ1n) is 7.35. The number of benzene rings is 3. The van der Waals surface area contributed by atoms with E-state index >= 15 is 0 Å². The zero-order valence-corrected chi connectivity index (χ0v) is 12.2. The highest BCUT2D eigenvalue weighted by atomic mass is 15.8. The van der Waals surface area contributed by atoms with Gasteiger partial charge in [0.2, 0.25) is 0 Å². The van der Waals surface area contributed by atoms with Crippen LogP contribution >= 0.6 is 0 Å². The molecular weight excluding hydrogens is 256 g/mol. The van der Waals surface area contributed by atoms with Gasteiger partial charge in [-0.05, 0) is 34.4 Å². The minimum atomic E-state index is 0.978. The van der Waals surface area contributed by atoms with E-state index in [1.54, 1.807) is 0 Å². The van der Waals surface area contributed by atoms with Gasteiger partial charge in [0.15, 0.2) is 0 Å². The third kappa shape index (κ3) is 2.39. The van der Waals surface area contributed by atoms with Crippen LogP contribution in [0.4, 0.5) is 5.69 Å². The Labute approximate surface area is 125 Å². The predicted molar refractivity (Wildman–Crippen MR) is 88.3 cm³/mol. The molecule has 3 aromatic carbocycles. The maximum Gasteiger partial charge on any atom is 0.104 e. The highest BCUT2D eigenvalue weighted by Crippen LogP contribution is 2.30. The predicted octanol–water partition coefficient (Wildman–Crippen LogP) is 4.05. The van der Waals surface area contributed by atoms with E-state index in [1.165, 1.54) is 27.6 Å². The van der Waals surface area contributed by atoms with Gasteiger partial charge >= 0.3 is 0 Å². The van der Waals surface area contributed by atoms with Gasteiger partial charge in [-0.1, -0.05) is 60.7 Å². The van der Waals surface area contributed by atoms with Gasteiger partial charge in [0.05, 0.1) is 5.69 Å². The summed E-state index contributed by atoms with van der Waals surface area (Å²) in [6, 6.07) is 24.0. The van der Waals surface area contributed by atoms with E-state index in [4.69, 9.17) is 0 Å². The average molecular weight is 274 g/mol. The lowest BCUT2D eigenvalue weighted by Crippen LogP contribution is -2.03. The van der Waals surface area contributed by atoms with Crippen molar-refractivity contribution in [1.29, 1.82) is 0 Å². The lowest BCUT2D eigenvalue weighted by Gasteiger charge is -2.11. The Kier molecular flexibility index (Phi) is 2.90. The Morgan fingerprint density at radius 2 is 1.57 bits per heavy atom. The van der Waals surface area contributed by atoms with Crippen molar-refractivity contribution >= 4 is 16.5 Å². The first-order chi connectivity index (χ1) is 10.3. The molecule has 2 heteroatoms. The molecular formula is C19H18N2. The molecule has 0 radical (unpaired) electrons. The number of hydrogen-bond donors (Lipinski definition) is 0. The minimum Gasteiger partial charge on any atom is -0.288 e. The molecule has 1 aliphatic heterocycles. The van der Waals surface area contributed by atoms with Crippen molar-refractivity contribution in [1.82, 2.24) is 5.01 Å². The lowest BCUT2D eigenvalue weighted by atomic mass is 10.00. The van der Waals surface area contributed by atoms with Crippen LogP contribution in [0.5, 0.6) is 0 Å². The van der Waals surface area contributed by atoms with Gasteiger partial charge < -0.3 is 0 Å². The fraction of sp³-hybridized carbons (Fsp3) is 0.158. The SMILES string of the molecule is CN1CN1c1ccccc1Cc1ccc2ccccc2c1. The summed E-state index contributed by atoms with van der Waals surface area (Å²) in [5.41, 5.74) is 4.08. The molecule has 1 saturated heterocycles. The Balaban J connectivity index is 1.68. The number of rotatable bonds is 3. The number of para-hydroxylation sites is 1. The Bertz CT molecular complexity index is 794. The largest absolute Gasteiger partial charge is 0.288 e. The molecule has 2 nitrogen and oxygen atoms in total. The normalized spacial score (nSPS) is 17.2. The van der Waals surface area contributed by atoms with Gasteiger partial charge in [-0.15, -0.1) is 0 Å². The molecule has 1 atom stereocenters. The van der Waals surface area contributed by atoms with Crippen molar-refractivity contribution in [2.45, 2.75) is 6.42 Å². The molecule has 0 saturated carbocycles. The molecule has 1 heterocycles. The molecule has 104 valence electrons. The van der Waals surface area contributed by atoms with Crippen molar-refractivity contribution in [3.8, 4) is 0 Å². The fourth-order valence-electron chi connectivity index (χ4n) is 2.91. The van der Waals surface area contributed by atoms with E-state index in [-0.39, 0.29) is 0 Å². The van der Waals surface area contributed by atoms with E-state index in [9.17, 15) is 0 Å². The van der Waals surface area contributed by atoms with Crippen LogP contribution < -0.4 is 5.01 Å². The third-order valence-electron chi connectivity index (χ3n) is 4.14. The second-order valence-corrected chi connectivity index (χ2v) is 5.69. The molecule has 3 aromatic rings. The summed E-state index contributed by atoms with van der Waals surface area (Å²) in [6.45, 7) is 1.02. The van der Waals surface area contributed by atoms with Gasteiger partial charge in [0.1, 0.15) is 6.67 Å². The Morgan fingerprint density at radius 3 is 2.38 bits per heavy atom. The van der Waals surface area contributed by atoms with Crippen molar-refractivity contribution in [2.75, 3.05) is 18.7 Å². The van der Waals surface area contributed by atoms with Crippen LogP contribution in [-0.2, 0) is 6.42 Å². The summed E-state index contributed by atoms with van der Waals surface area (Å²) in [5.74, 6) is 0. The number of hydrogen-bond acceptors (Lipinski definition) is 2. The van der Waals surface area contributed by atoms with Gasteiger partial charge in [-0.25, -0.2) is 5.01 Å². The zero-order valence-electron chi connectivity index (χ0n) is 12.2. The fourth-order valence-corrected chi connectivity index (χ4v) is 2.91. The van der Waals surface area contributed by atoms with E-state index in [1.807, 2.05) is 0 Å². The van der Waals surface area contributed by atoms with Gasteiger partial charge in [0.25, 0.3) is 0 Å². The topological polar surface area (TPSA) is 6.02 Å². The maximum atomic E-state index is 2.30. The van der Waals surface area contributed by atoms with Crippen LogP contribution in [0.25, 0.3) is 10.8 Å². The number of hydrazine groups is 1. The average Bonchev–Trinajstić information content (AvgIpc) is 3.24. The number of nitrogens with zero attached hydrogens (tertiary/aromatic N) is 2. The first-order valence-corrected chi connectivity index (χ1v) is 7.35.